The number of hydrogen-bond donors (Lipinski definition) is 1. The van der Waals surface area contributed by atoms with Gasteiger partial charge in [0.25, 0.3) is 0 Å². The SMILES string of the molecule is [N-]=[N+]=NC1CCCc2cc3c(cc21)CCNC3. The summed E-state index contributed by atoms with van der Waals surface area (Å²) in [5.41, 5.74) is 14.1. The molecule has 2 aliphatic rings. The maximum Gasteiger partial charge on any atom is 0.0628 e. The van der Waals surface area contributed by atoms with Gasteiger partial charge in [-0.25, -0.2) is 0 Å². The molecule has 1 unspecified atom stereocenters. The van der Waals surface area contributed by atoms with Crippen molar-refractivity contribution in [2.75, 3.05) is 6.54 Å². The van der Waals surface area contributed by atoms with Gasteiger partial charge in [-0.2, -0.15) is 0 Å². The number of rotatable bonds is 1. The molecular weight excluding hydrogens is 212 g/mol. The zero-order chi connectivity index (χ0) is 11.7. The van der Waals surface area contributed by atoms with Gasteiger partial charge in [-0.15, -0.1) is 0 Å². The zero-order valence-electron chi connectivity index (χ0n) is 9.82. The number of aryl methyl sites for hydroxylation is 1. The maximum atomic E-state index is 8.63. The highest BCUT2D eigenvalue weighted by atomic mass is 15.1. The topological polar surface area (TPSA) is 60.8 Å². The van der Waals surface area contributed by atoms with Crippen LogP contribution in [0.1, 0.15) is 41.1 Å². The van der Waals surface area contributed by atoms with Gasteiger partial charge in [-0.1, -0.05) is 17.2 Å². The quantitative estimate of drug-likeness (QED) is 0.448. The monoisotopic (exact) mass is 228 g/mol. The Morgan fingerprint density at radius 2 is 2.18 bits per heavy atom. The minimum atomic E-state index is 0.0592. The largest absolute Gasteiger partial charge is 0.312 e. The Bertz CT molecular complexity index is 488. The van der Waals surface area contributed by atoms with Crippen LogP contribution >= 0.6 is 0 Å². The van der Waals surface area contributed by atoms with E-state index >= 15 is 0 Å². The van der Waals surface area contributed by atoms with Crippen LogP contribution in [0.5, 0.6) is 0 Å². The van der Waals surface area contributed by atoms with Crippen molar-refractivity contribution in [2.24, 2.45) is 5.11 Å². The third-order valence-electron chi connectivity index (χ3n) is 3.82. The van der Waals surface area contributed by atoms with Gasteiger partial charge in [0, 0.05) is 11.5 Å². The van der Waals surface area contributed by atoms with E-state index in [1.165, 1.54) is 22.3 Å². The highest BCUT2D eigenvalue weighted by molar-refractivity contribution is 5.42. The lowest BCUT2D eigenvalue weighted by molar-refractivity contribution is 0.561. The first-order chi connectivity index (χ1) is 8.38. The molecule has 0 fully saturated rings. The second-order valence-electron chi connectivity index (χ2n) is 4.86. The molecule has 3 rings (SSSR count). The molecule has 1 aliphatic heterocycles. The summed E-state index contributed by atoms with van der Waals surface area (Å²) in [7, 11) is 0. The Balaban J connectivity index is 2.07. The smallest absolute Gasteiger partial charge is 0.0628 e. The summed E-state index contributed by atoms with van der Waals surface area (Å²) in [6.07, 6.45) is 4.34. The molecule has 0 bridgehead atoms. The first-order valence-electron chi connectivity index (χ1n) is 6.28. The van der Waals surface area contributed by atoms with Gasteiger partial charge in [-0.3, -0.25) is 0 Å². The van der Waals surface area contributed by atoms with Gasteiger partial charge >= 0.3 is 0 Å². The number of fused-ring (bicyclic) bond motifs is 2. The van der Waals surface area contributed by atoms with Crippen LogP contribution in [0.4, 0.5) is 0 Å². The van der Waals surface area contributed by atoms with Gasteiger partial charge in [0.15, 0.2) is 0 Å². The minimum Gasteiger partial charge on any atom is -0.312 e. The molecule has 17 heavy (non-hydrogen) atoms. The first kappa shape index (κ1) is 10.6. The van der Waals surface area contributed by atoms with Crippen LogP contribution in [-0.2, 0) is 19.4 Å². The Labute approximate surface area is 101 Å². The van der Waals surface area contributed by atoms with Crippen molar-refractivity contribution < 1.29 is 0 Å². The summed E-state index contributed by atoms with van der Waals surface area (Å²) in [4.78, 5) is 2.98. The molecule has 1 atom stereocenters. The number of azide groups is 1. The number of benzene rings is 1. The third-order valence-corrected chi connectivity index (χ3v) is 3.82. The summed E-state index contributed by atoms with van der Waals surface area (Å²) in [5, 5.41) is 7.34. The Hall–Kier alpha value is -1.51. The minimum absolute atomic E-state index is 0.0592. The van der Waals surface area contributed by atoms with Gasteiger partial charge in [0.05, 0.1) is 6.04 Å². The van der Waals surface area contributed by atoms with Crippen molar-refractivity contribution in [2.45, 2.75) is 38.3 Å². The van der Waals surface area contributed by atoms with Crippen LogP contribution in [0.15, 0.2) is 17.2 Å². The second kappa shape index (κ2) is 4.40. The molecule has 4 heteroatoms. The number of nitrogens with zero attached hydrogens (tertiary/aromatic N) is 3. The van der Waals surface area contributed by atoms with Crippen molar-refractivity contribution >= 4 is 0 Å². The van der Waals surface area contributed by atoms with Crippen molar-refractivity contribution in [3.8, 4) is 0 Å². The molecule has 0 saturated heterocycles. The van der Waals surface area contributed by atoms with Gasteiger partial charge in [0.2, 0.25) is 0 Å². The Morgan fingerprint density at radius 1 is 1.24 bits per heavy atom. The van der Waals surface area contributed by atoms with Crippen LogP contribution in [0.2, 0.25) is 0 Å². The third kappa shape index (κ3) is 1.90. The standard InChI is InChI=1S/C13H16N4/c14-17-16-13-3-1-2-10-6-11-8-15-5-4-9(11)7-12(10)13/h6-7,13,15H,1-5,8H2. The molecule has 1 N–H and O–H groups in total. The van der Waals surface area contributed by atoms with E-state index in [-0.39, 0.29) is 6.04 Å². The molecule has 1 aliphatic carbocycles. The molecule has 0 amide bonds. The number of nitrogens with one attached hydrogen (secondary N) is 1. The predicted octanol–water partition coefficient (Wildman–Crippen LogP) is 3.02. The number of hydrogen-bond acceptors (Lipinski definition) is 2. The van der Waals surface area contributed by atoms with Crippen LogP contribution in [0, 0.1) is 0 Å². The first-order valence-corrected chi connectivity index (χ1v) is 6.28. The van der Waals surface area contributed by atoms with E-state index in [4.69, 9.17) is 5.53 Å². The molecule has 1 aromatic rings. The fraction of sp³-hybridized carbons (Fsp3) is 0.538. The summed E-state index contributed by atoms with van der Waals surface area (Å²) in [5.74, 6) is 0. The molecule has 0 spiro atoms. The van der Waals surface area contributed by atoms with Gasteiger partial charge < -0.3 is 5.32 Å². The predicted molar refractivity (Wildman–Crippen MR) is 66.7 cm³/mol. The molecule has 0 saturated carbocycles. The fourth-order valence-corrected chi connectivity index (χ4v) is 2.95. The molecular formula is C13H16N4. The Morgan fingerprint density at radius 3 is 3.06 bits per heavy atom. The van der Waals surface area contributed by atoms with Crippen molar-refractivity contribution in [1.29, 1.82) is 0 Å². The van der Waals surface area contributed by atoms with E-state index in [0.717, 1.165) is 38.8 Å². The van der Waals surface area contributed by atoms with Gasteiger partial charge in [0.1, 0.15) is 0 Å². The summed E-state index contributed by atoms with van der Waals surface area (Å²) < 4.78 is 0. The highest BCUT2D eigenvalue weighted by Gasteiger charge is 2.21. The van der Waals surface area contributed by atoms with E-state index in [1.807, 2.05) is 0 Å². The lowest BCUT2D eigenvalue weighted by Gasteiger charge is -2.26. The lowest BCUT2D eigenvalue weighted by atomic mass is 9.84. The van der Waals surface area contributed by atoms with Crippen molar-refractivity contribution in [3.63, 3.8) is 0 Å². The molecule has 1 aromatic carbocycles. The summed E-state index contributed by atoms with van der Waals surface area (Å²) in [6, 6.07) is 4.66. The van der Waals surface area contributed by atoms with Crippen LogP contribution in [0.25, 0.3) is 10.4 Å². The average Bonchev–Trinajstić information content (AvgIpc) is 2.37. The summed E-state index contributed by atoms with van der Waals surface area (Å²) in [6.45, 7) is 2.03. The Kier molecular flexibility index (Phi) is 2.75. The van der Waals surface area contributed by atoms with E-state index in [0.29, 0.717) is 0 Å². The van der Waals surface area contributed by atoms with Crippen LogP contribution < -0.4 is 5.32 Å². The van der Waals surface area contributed by atoms with E-state index < -0.39 is 0 Å². The molecule has 0 aromatic heterocycles. The zero-order valence-corrected chi connectivity index (χ0v) is 9.82. The van der Waals surface area contributed by atoms with Gasteiger partial charge in [-0.05, 0) is 60.0 Å². The normalized spacial score (nSPS) is 22.2. The van der Waals surface area contributed by atoms with Crippen LogP contribution in [-0.4, -0.2) is 6.54 Å². The van der Waals surface area contributed by atoms with Crippen LogP contribution in [0.3, 0.4) is 0 Å². The fourth-order valence-electron chi connectivity index (χ4n) is 2.95. The van der Waals surface area contributed by atoms with E-state index in [1.54, 1.807) is 0 Å². The highest BCUT2D eigenvalue weighted by Crippen LogP contribution is 2.35. The maximum absolute atomic E-state index is 8.63. The molecule has 0 radical (unpaired) electrons. The molecule has 1 heterocycles. The molecule has 4 nitrogen and oxygen atoms in total. The van der Waals surface area contributed by atoms with Crippen molar-refractivity contribution in [1.82, 2.24) is 5.32 Å². The lowest BCUT2D eigenvalue weighted by Crippen LogP contribution is -2.24. The summed E-state index contributed by atoms with van der Waals surface area (Å²) >= 11 is 0. The van der Waals surface area contributed by atoms with E-state index in [9.17, 15) is 0 Å². The second-order valence-corrected chi connectivity index (χ2v) is 4.86. The average molecular weight is 228 g/mol. The van der Waals surface area contributed by atoms with E-state index in [2.05, 4.69) is 27.5 Å². The molecule has 88 valence electrons. The van der Waals surface area contributed by atoms with Crippen molar-refractivity contribution in [3.05, 3.63) is 44.8 Å².